The molecule has 31 heavy (non-hydrogen) atoms. The molecule has 0 N–H and O–H groups in total. The maximum atomic E-state index is 13.7. The quantitative estimate of drug-likeness (QED) is 0.528. The molecule has 3 aliphatic rings. The molecule has 8 nitrogen and oxygen atoms in total. The first kappa shape index (κ1) is 21.6. The maximum absolute atomic E-state index is 13.7. The van der Waals surface area contributed by atoms with E-state index in [9.17, 15) is 19.2 Å². The average molecular weight is 432 g/mol. The van der Waals surface area contributed by atoms with Crippen LogP contribution < -0.4 is 0 Å². The Hall–Kier alpha value is -2.64. The van der Waals surface area contributed by atoms with Crippen molar-refractivity contribution in [3.8, 4) is 0 Å². The van der Waals surface area contributed by atoms with Crippen LogP contribution in [0.4, 0.5) is 0 Å². The Morgan fingerprint density at radius 1 is 1.26 bits per heavy atom. The number of Topliss-reactive ketones (excluding diaryl/α,β-unsaturated/α-hetero) is 1. The molecule has 0 bridgehead atoms. The summed E-state index contributed by atoms with van der Waals surface area (Å²) >= 11 is 0. The van der Waals surface area contributed by atoms with Crippen LogP contribution in [0.15, 0.2) is 23.0 Å². The minimum Gasteiger partial charge on any atom is -0.472 e. The zero-order valence-corrected chi connectivity index (χ0v) is 18.0. The first-order valence-corrected chi connectivity index (χ1v) is 10.8. The molecule has 1 aromatic heterocycles. The van der Waals surface area contributed by atoms with Crippen molar-refractivity contribution in [3.63, 3.8) is 0 Å². The number of hydrogen-bond acceptors (Lipinski definition) is 8. The zero-order valence-electron chi connectivity index (χ0n) is 18.0. The number of ketones is 1. The average Bonchev–Trinajstić information content (AvgIpc) is 3.29. The van der Waals surface area contributed by atoms with Gasteiger partial charge in [0.25, 0.3) is 0 Å². The van der Waals surface area contributed by atoms with Crippen molar-refractivity contribution in [1.29, 1.82) is 0 Å². The number of carbonyl (C=O) groups excluding carboxylic acids is 4. The third kappa shape index (κ3) is 3.46. The molecule has 168 valence electrons. The Morgan fingerprint density at radius 3 is 2.65 bits per heavy atom. The van der Waals surface area contributed by atoms with Crippen molar-refractivity contribution in [1.82, 2.24) is 0 Å². The maximum Gasteiger partial charge on any atom is 0.309 e. The number of cyclic esters (lactones) is 1. The first-order chi connectivity index (χ1) is 14.8. The van der Waals surface area contributed by atoms with Crippen molar-refractivity contribution >= 4 is 23.7 Å². The van der Waals surface area contributed by atoms with E-state index >= 15 is 0 Å². The summed E-state index contributed by atoms with van der Waals surface area (Å²) in [6, 6.07) is 1.75. The van der Waals surface area contributed by atoms with E-state index in [1.165, 1.54) is 26.6 Å². The van der Waals surface area contributed by atoms with Gasteiger partial charge in [-0.05, 0) is 43.1 Å². The normalized spacial score (nSPS) is 37.3. The van der Waals surface area contributed by atoms with Crippen LogP contribution in [0, 0.1) is 29.1 Å². The highest BCUT2D eigenvalue weighted by atomic mass is 16.6. The molecule has 2 heterocycles. The van der Waals surface area contributed by atoms with Crippen LogP contribution in [-0.2, 0) is 33.4 Å². The molecular formula is C23H28O8. The van der Waals surface area contributed by atoms with Crippen LogP contribution in [0.5, 0.6) is 0 Å². The van der Waals surface area contributed by atoms with Gasteiger partial charge in [0, 0.05) is 24.8 Å². The third-order valence-electron chi connectivity index (χ3n) is 7.67. The van der Waals surface area contributed by atoms with E-state index in [0.717, 1.165) is 5.56 Å². The van der Waals surface area contributed by atoms with Crippen molar-refractivity contribution in [3.05, 3.63) is 24.2 Å². The fourth-order valence-electron chi connectivity index (χ4n) is 6.30. The van der Waals surface area contributed by atoms with Gasteiger partial charge < -0.3 is 18.6 Å². The number of methoxy groups -OCH3 is 1. The monoisotopic (exact) mass is 432 g/mol. The van der Waals surface area contributed by atoms with Crippen LogP contribution in [0.3, 0.4) is 0 Å². The number of furan rings is 1. The van der Waals surface area contributed by atoms with Crippen LogP contribution in [-0.4, -0.2) is 36.9 Å². The second-order valence-electron chi connectivity index (χ2n) is 8.90. The summed E-state index contributed by atoms with van der Waals surface area (Å²) in [5, 5.41) is 0. The highest BCUT2D eigenvalue weighted by molar-refractivity contribution is 5.92. The summed E-state index contributed by atoms with van der Waals surface area (Å²) in [6.45, 7) is 3.22. The number of hydrogen-bond donors (Lipinski definition) is 0. The van der Waals surface area contributed by atoms with Gasteiger partial charge in [0.05, 0.1) is 31.5 Å². The van der Waals surface area contributed by atoms with Gasteiger partial charge in [-0.1, -0.05) is 6.92 Å². The second kappa shape index (κ2) is 8.13. The van der Waals surface area contributed by atoms with Gasteiger partial charge in [0.2, 0.25) is 0 Å². The van der Waals surface area contributed by atoms with E-state index in [4.69, 9.17) is 18.6 Å². The third-order valence-corrected chi connectivity index (χ3v) is 7.67. The molecule has 1 saturated heterocycles. The molecule has 4 rings (SSSR count). The minimum atomic E-state index is -1.02. The zero-order chi connectivity index (χ0) is 22.3. The summed E-state index contributed by atoms with van der Waals surface area (Å²) in [5.41, 5.74) is 0.101. The number of ether oxygens (including phenoxy) is 3. The lowest BCUT2D eigenvalue weighted by molar-refractivity contribution is -0.197. The summed E-state index contributed by atoms with van der Waals surface area (Å²) in [7, 11) is 1.33. The molecule has 1 aliphatic heterocycles. The lowest BCUT2D eigenvalue weighted by Crippen LogP contribution is -2.61. The van der Waals surface area contributed by atoms with Gasteiger partial charge in [-0.2, -0.15) is 0 Å². The van der Waals surface area contributed by atoms with E-state index in [1.54, 1.807) is 6.07 Å². The number of esters is 3. The largest absolute Gasteiger partial charge is 0.472 e. The molecule has 2 saturated carbocycles. The summed E-state index contributed by atoms with van der Waals surface area (Å²) in [4.78, 5) is 51.1. The fourth-order valence-corrected chi connectivity index (χ4v) is 6.30. The highest BCUT2D eigenvalue weighted by Crippen LogP contribution is 2.61. The summed E-state index contributed by atoms with van der Waals surface area (Å²) in [6.07, 6.45) is 3.76. The molecule has 0 radical (unpaired) electrons. The molecule has 0 amide bonds. The Morgan fingerprint density at radius 2 is 2.03 bits per heavy atom. The van der Waals surface area contributed by atoms with Gasteiger partial charge in [0.15, 0.2) is 11.9 Å². The molecule has 8 heteroatoms. The number of carbonyl (C=O) groups is 4. The van der Waals surface area contributed by atoms with Crippen molar-refractivity contribution in [2.24, 2.45) is 29.1 Å². The number of rotatable bonds is 4. The Bertz CT molecular complexity index is 874. The molecule has 2 aliphatic carbocycles. The van der Waals surface area contributed by atoms with E-state index in [1.807, 2.05) is 6.92 Å². The minimum absolute atomic E-state index is 0.114. The molecule has 3 fully saturated rings. The standard InChI is InChI=1S/C23H28O8/c1-4-23-7-5-14-15(9-17(31-21(14)26)13-6-8-29-11-13)19(23)20(25)18(30-12(2)24)10-16(23)22(27)28-3/h6,8,11,14-19H,4-5,7,9-10H2,1-3H3/t14-,15+,16+,17+,18+,19+,23+/m1/s1. The van der Waals surface area contributed by atoms with Crippen LogP contribution in [0.2, 0.25) is 0 Å². The fraction of sp³-hybridized carbons (Fsp3) is 0.652. The Labute approximate surface area is 180 Å². The predicted octanol–water partition coefficient (Wildman–Crippen LogP) is 3.00. The smallest absolute Gasteiger partial charge is 0.309 e. The van der Waals surface area contributed by atoms with E-state index in [2.05, 4.69) is 0 Å². The van der Waals surface area contributed by atoms with E-state index in [0.29, 0.717) is 25.7 Å². The van der Waals surface area contributed by atoms with Crippen molar-refractivity contribution in [2.45, 2.75) is 58.2 Å². The predicted molar refractivity (Wildman–Crippen MR) is 105 cm³/mol. The van der Waals surface area contributed by atoms with Gasteiger partial charge in [-0.15, -0.1) is 0 Å². The molecule has 0 spiro atoms. The number of fused-ring (bicyclic) bond motifs is 3. The van der Waals surface area contributed by atoms with Gasteiger partial charge >= 0.3 is 17.9 Å². The lowest BCUT2D eigenvalue weighted by atomic mass is 9.46. The Balaban J connectivity index is 1.76. The van der Waals surface area contributed by atoms with Crippen molar-refractivity contribution in [2.75, 3.05) is 7.11 Å². The molecule has 0 unspecified atom stereocenters. The molecule has 1 aromatic rings. The summed E-state index contributed by atoms with van der Waals surface area (Å²) < 4.78 is 21.3. The Kier molecular flexibility index (Phi) is 5.66. The van der Waals surface area contributed by atoms with Gasteiger partial charge in [0.1, 0.15) is 6.10 Å². The lowest BCUT2D eigenvalue weighted by Gasteiger charge is -2.57. The van der Waals surface area contributed by atoms with Crippen molar-refractivity contribution < 1.29 is 37.8 Å². The van der Waals surface area contributed by atoms with Crippen LogP contribution in [0.1, 0.15) is 57.6 Å². The molecule has 7 atom stereocenters. The summed E-state index contributed by atoms with van der Waals surface area (Å²) in [5.74, 6) is -3.42. The van der Waals surface area contributed by atoms with E-state index in [-0.39, 0.29) is 24.1 Å². The van der Waals surface area contributed by atoms with Gasteiger partial charge in [-0.3, -0.25) is 19.2 Å². The van der Waals surface area contributed by atoms with Gasteiger partial charge in [-0.25, -0.2) is 0 Å². The first-order valence-electron chi connectivity index (χ1n) is 10.8. The molecule has 0 aromatic carbocycles. The van der Waals surface area contributed by atoms with Crippen LogP contribution in [0.25, 0.3) is 0 Å². The molecular weight excluding hydrogens is 404 g/mol. The SMILES string of the molecule is CC[C@@]12CC[C@H]3C(=O)O[C@H](c4ccoc4)C[C@@H]3[C@H]1C(=O)[C@@H](OC(C)=O)C[C@H]2C(=O)OC. The topological polar surface area (TPSA) is 109 Å². The highest BCUT2D eigenvalue weighted by Gasteiger charge is 2.64. The second-order valence-corrected chi connectivity index (χ2v) is 8.90. The van der Waals surface area contributed by atoms with E-state index < -0.39 is 47.3 Å². The van der Waals surface area contributed by atoms with Crippen LogP contribution >= 0.6 is 0 Å².